The van der Waals surface area contributed by atoms with E-state index in [2.05, 4.69) is 4.72 Å². The zero-order valence-corrected chi connectivity index (χ0v) is 12.0. The maximum Gasteiger partial charge on any atom is 0.244 e. The summed E-state index contributed by atoms with van der Waals surface area (Å²) in [7, 11) is -2.16. The number of hydrogen-bond acceptors (Lipinski definition) is 4. The Morgan fingerprint density at radius 3 is 2.63 bits per heavy atom. The fourth-order valence-electron chi connectivity index (χ4n) is 2.25. The van der Waals surface area contributed by atoms with Crippen LogP contribution in [-0.2, 0) is 10.0 Å². The van der Waals surface area contributed by atoms with E-state index >= 15 is 0 Å². The zero-order chi connectivity index (χ0) is 14.0. The topological polar surface area (TPSA) is 81.4 Å². The van der Waals surface area contributed by atoms with Gasteiger partial charge in [-0.05, 0) is 43.9 Å². The van der Waals surface area contributed by atoms with E-state index in [0.717, 1.165) is 12.8 Å². The Hall–Kier alpha value is -1.27. The van der Waals surface area contributed by atoms with Gasteiger partial charge in [0.25, 0.3) is 0 Å². The quantitative estimate of drug-likeness (QED) is 0.807. The lowest BCUT2D eigenvalue weighted by atomic mass is 9.81. The molecule has 0 spiro atoms. The van der Waals surface area contributed by atoms with E-state index in [-0.39, 0.29) is 10.9 Å². The highest BCUT2D eigenvalue weighted by Gasteiger charge is 2.29. The van der Waals surface area contributed by atoms with Crippen LogP contribution in [0.2, 0.25) is 0 Å². The molecule has 1 aromatic rings. The summed E-state index contributed by atoms with van der Waals surface area (Å²) in [6, 6.07) is 4.55. The molecule has 6 heteroatoms. The Morgan fingerprint density at radius 1 is 1.42 bits per heavy atom. The normalized spacial score (nSPS) is 17.8. The molecule has 1 unspecified atom stereocenters. The summed E-state index contributed by atoms with van der Waals surface area (Å²) >= 11 is 0. The molecule has 0 bridgehead atoms. The van der Waals surface area contributed by atoms with E-state index in [9.17, 15) is 8.42 Å². The smallest absolute Gasteiger partial charge is 0.244 e. The molecule has 1 fully saturated rings. The number of anilines is 1. The number of nitrogens with one attached hydrogen (secondary N) is 1. The van der Waals surface area contributed by atoms with Gasteiger partial charge in [-0.15, -0.1) is 0 Å². The first-order chi connectivity index (χ1) is 8.94. The molecular weight excluding hydrogens is 264 g/mol. The molecule has 1 atom stereocenters. The molecule has 0 heterocycles. The van der Waals surface area contributed by atoms with Crippen molar-refractivity contribution in [2.75, 3.05) is 12.8 Å². The van der Waals surface area contributed by atoms with Crippen molar-refractivity contribution in [1.29, 1.82) is 0 Å². The molecular formula is C13H20N2O3S. The van der Waals surface area contributed by atoms with Gasteiger partial charge in [0.1, 0.15) is 10.6 Å². The minimum absolute atomic E-state index is 0.0649. The van der Waals surface area contributed by atoms with Crippen LogP contribution in [0.15, 0.2) is 23.1 Å². The zero-order valence-electron chi connectivity index (χ0n) is 11.2. The molecule has 0 radical (unpaired) electrons. The standard InChI is InChI=1S/C13H20N2O3S/c1-9(10-4-3-5-10)15-19(16,17)13-8-11(14)6-7-12(13)18-2/h6-10,15H,3-5,14H2,1-2H3. The van der Waals surface area contributed by atoms with Crippen molar-refractivity contribution in [3.8, 4) is 5.75 Å². The summed E-state index contributed by atoms with van der Waals surface area (Å²) in [5.74, 6) is 0.740. The van der Waals surface area contributed by atoms with Crippen molar-refractivity contribution in [1.82, 2.24) is 4.72 Å². The SMILES string of the molecule is COc1ccc(N)cc1S(=O)(=O)NC(C)C1CCC1. The fraction of sp³-hybridized carbons (Fsp3) is 0.538. The third-order valence-electron chi connectivity index (χ3n) is 3.68. The van der Waals surface area contributed by atoms with Gasteiger partial charge in [-0.25, -0.2) is 13.1 Å². The van der Waals surface area contributed by atoms with E-state index < -0.39 is 10.0 Å². The predicted octanol–water partition coefficient (Wildman–Crippen LogP) is 1.74. The molecule has 0 aliphatic heterocycles. The van der Waals surface area contributed by atoms with Gasteiger partial charge in [-0.1, -0.05) is 6.42 Å². The molecule has 5 nitrogen and oxygen atoms in total. The number of nitrogen functional groups attached to an aromatic ring is 1. The molecule has 1 aliphatic carbocycles. The van der Waals surface area contributed by atoms with Crippen LogP contribution in [0, 0.1) is 5.92 Å². The third-order valence-corrected chi connectivity index (χ3v) is 5.26. The fourth-order valence-corrected chi connectivity index (χ4v) is 3.76. The highest BCUT2D eigenvalue weighted by molar-refractivity contribution is 7.89. The summed E-state index contributed by atoms with van der Waals surface area (Å²) < 4.78 is 32.6. The van der Waals surface area contributed by atoms with Crippen LogP contribution in [0.1, 0.15) is 26.2 Å². The largest absolute Gasteiger partial charge is 0.495 e. The molecule has 2 rings (SSSR count). The summed E-state index contributed by atoms with van der Waals surface area (Å²) in [5.41, 5.74) is 6.06. The average Bonchev–Trinajstić information content (AvgIpc) is 2.25. The van der Waals surface area contributed by atoms with Crippen molar-refractivity contribution in [3.63, 3.8) is 0 Å². The van der Waals surface area contributed by atoms with Crippen LogP contribution >= 0.6 is 0 Å². The Morgan fingerprint density at radius 2 is 2.11 bits per heavy atom. The van der Waals surface area contributed by atoms with Crippen molar-refractivity contribution >= 4 is 15.7 Å². The van der Waals surface area contributed by atoms with E-state index in [1.165, 1.54) is 19.6 Å². The average molecular weight is 284 g/mol. The van der Waals surface area contributed by atoms with E-state index in [1.807, 2.05) is 6.92 Å². The highest BCUT2D eigenvalue weighted by atomic mass is 32.2. The van der Waals surface area contributed by atoms with Crippen LogP contribution < -0.4 is 15.2 Å². The van der Waals surface area contributed by atoms with E-state index in [1.54, 1.807) is 12.1 Å². The van der Waals surface area contributed by atoms with Crippen molar-refractivity contribution < 1.29 is 13.2 Å². The van der Waals surface area contributed by atoms with Crippen LogP contribution in [0.25, 0.3) is 0 Å². The van der Waals surface area contributed by atoms with Crippen molar-refractivity contribution in [3.05, 3.63) is 18.2 Å². The Kier molecular flexibility index (Phi) is 4.01. The summed E-state index contributed by atoms with van der Waals surface area (Å²) in [6.45, 7) is 1.90. The van der Waals surface area contributed by atoms with Crippen LogP contribution in [0.5, 0.6) is 5.75 Å². The first-order valence-corrected chi connectivity index (χ1v) is 7.88. The van der Waals surface area contributed by atoms with Gasteiger partial charge in [0.05, 0.1) is 7.11 Å². The number of sulfonamides is 1. The molecule has 3 N–H and O–H groups in total. The second kappa shape index (κ2) is 5.38. The molecule has 106 valence electrons. The summed E-state index contributed by atoms with van der Waals surface area (Å²) in [6.07, 6.45) is 3.34. The molecule has 0 amide bonds. The van der Waals surface area contributed by atoms with E-state index in [4.69, 9.17) is 10.5 Å². The number of methoxy groups -OCH3 is 1. The molecule has 0 saturated heterocycles. The second-order valence-electron chi connectivity index (χ2n) is 5.01. The number of hydrogen-bond donors (Lipinski definition) is 2. The molecule has 0 aromatic heterocycles. The Bertz CT molecular complexity index is 553. The minimum atomic E-state index is -3.60. The third kappa shape index (κ3) is 3.01. The van der Waals surface area contributed by atoms with E-state index in [0.29, 0.717) is 17.4 Å². The number of ether oxygens (including phenoxy) is 1. The second-order valence-corrected chi connectivity index (χ2v) is 6.69. The van der Waals surface area contributed by atoms with Crippen LogP contribution in [0.4, 0.5) is 5.69 Å². The van der Waals surface area contributed by atoms with Crippen LogP contribution in [0.3, 0.4) is 0 Å². The Labute approximate surface area is 114 Å². The lowest BCUT2D eigenvalue weighted by molar-refractivity contribution is 0.260. The first kappa shape index (κ1) is 14.1. The van der Waals surface area contributed by atoms with Gasteiger partial charge in [-0.3, -0.25) is 0 Å². The maximum atomic E-state index is 12.4. The molecule has 19 heavy (non-hydrogen) atoms. The van der Waals surface area contributed by atoms with Gasteiger partial charge >= 0.3 is 0 Å². The number of nitrogens with two attached hydrogens (primary N) is 1. The summed E-state index contributed by atoms with van der Waals surface area (Å²) in [5, 5.41) is 0. The van der Waals surface area contributed by atoms with Gasteiger partial charge in [-0.2, -0.15) is 0 Å². The van der Waals surface area contributed by atoms with Crippen molar-refractivity contribution in [2.45, 2.75) is 37.1 Å². The maximum absolute atomic E-state index is 12.4. The number of rotatable bonds is 5. The Balaban J connectivity index is 2.25. The monoisotopic (exact) mass is 284 g/mol. The molecule has 1 saturated carbocycles. The van der Waals surface area contributed by atoms with Gasteiger partial charge in [0.2, 0.25) is 10.0 Å². The lowest BCUT2D eigenvalue weighted by Crippen LogP contribution is -2.40. The molecule has 1 aromatic carbocycles. The summed E-state index contributed by atoms with van der Waals surface area (Å²) in [4.78, 5) is 0.0983. The van der Waals surface area contributed by atoms with Gasteiger partial charge < -0.3 is 10.5 Å². The predicted molar refractivity (Wildman–Crippen MR) is 74.5 cm³/mol. The van der Waals surface area contributed by atoms with Gasteiger partial charge in [0, 0.05) is 11.7 Å². The number of benzene rings is 1. The van der Waals surface area contributed by atoms with Gasteiger partial charge in [0.15, 0.2) is 0 Å². The molecule has 1 aliphatic rings. The van der Waals surface area contributed by atoms with Crippen LogP contribution in [-0.4, -0.2) is 21.6 Å². The minimum Gasteiger partial charge on any atom is -0.495 e. The first-order valence-electron chi connectivity index (χ1n) is 6.40. The van der Waals surface area contributed by atoms with Crippen molar-refractivity contribution in [2.24, 2.45) is 5.92 Å². The lowest BCUT2D eigenvalue weighted by Gasteiger charge is -2.31. The highest BCUT2D eigenvalue weighted by Crippen LogP contribution is 2.31.